The molecule has 0 aliphatic heterocycles. The highest BCUT2D eigenvalue weighted by molar-refractivity contribution is 5.93. The van der Waals surface area contributed by atoms with Gasteiger partial charge in [0.1, 0.15) is 18.4 Å². The van der Waals surface area contributed by atoms with Crippen molar-refractivity contribution in [3.8, 4) is 5.75 Å². The number of fused-ring (bicyclic) bond motifs is 1. The Balaban J connectivity index is 2.05. The summed E-state index contributed by atoms with van der Waals surface area (Å²) < 4.78 is 0. The molecule has 5 nitrogen and oxygen atoms in total. The third kappa shape index (κ3) is 1.82. The molecule has 88 valence electrons. The molecule has 3 rings (SSSR count). The third-order valence-electron chi connectivity index (χ3n) is 2.64. The number of anilines is 2. The molecule has 0 radical (unpaired) electrons. The van der Waals surface area contributed by atoms with Gasteiger partial charge in [-0.15, -0.1) is 0 Å². The van der Waals surface area contributed by atoms with Gasteiger partial charge in [0.2, 0.25) is 5.95 Å². The first kappa shape index (κ1) is 10.5. The molecule has 0 bridgehead atoms. The zero-order valence-corrected chi connectivity index (χ0v) is 9.41. The molecule has 1 heterocycles. The van der Waals surface area contributed by atoms with E-state index in [-0.39, 0.29) is 5.75 Å². The minimum atomic E-state index is 0.188. The van der Waals surface area contributed by atoms with Gasteiger partial charge in [0, 0.05) is 5.39 Å². The minimum absolute atomic E-state index is 0.188. The van der Waals surface area contributed by atoms with Gasteiger partial charge in [0.25, 0.3) is 0 Å². The van der Waals surface area contributed by atoms with Gasteiger partial charge in [-0.25, -0.2) is 15.0 Å². The van der Waals surface area contributed by atoms with Gasteiger partial charge in [0.15, 0.2) is 0 Å². The van der Waals surface area contributed by atoms with E-state index in [1.165, 1.54) is 12.7 Å². The molecular weight excluding hydrogens is 228 g/mol. The van der Waals surface area contributed by atoms with Crippen LogP contribution in [0.3, 0.4) is 0 Å². The SMILES string of the molecule is Oc1c(Nc2ncncn2)ccc2ccccc12. The van der Waals surface area contributed by atoms with Gasteiger partial charge in [-0.05, 0) is 11.5 Å². The second kappa shape index (κ2) is 4.29. The number of hydrogen-bond donors (Lipinski definition) is 2. The molecular formula is C13H10N4O. The summed E-state index contributed by atoms with van der Waals surface area (Å²) in [5.41, 5.74) is 0.569. The second-order valence-electron chi connectivity index (χ2n) is 3.77. The zero-order valence-electron chi connectivity index (χ0n) is 9.41. The first-order valence-electron chi connectivity index (χ1n) is 5.44. The summed E-state index contributed by atoms with van der Waals surface area (Å²) in [7, 11) is 0. The Kier molecular flexibility index (Phi) is 2.49. The summed E-state index contributed by atoms with van der Waals surface area (Å²) in [5, 5.41) is 14.9. The number of aromatic nitrogens is 3. The van der Waals surface area contributed by atoms with Gasteiger partial charge in [-0.2, -0.15) is 0 Å². The molecule has 0 saturated heterocycles. The highest BCUT2D eigenvalue weighted by Gasteiger charge is 2.06. The lowest BCUT2D eigenvalue weighted by molar-refractivity contribution is 0.484. The van der Waals surface area contributed by atoms with Crippen LogP contribution in [0.25, 0.3) is 10.8 Å². The van der Waals surface area contributed by atoms with Crippen molar-refractivity contribution in [2.24, 2.45) is 0 Å². The Morgan fingerprint density at radius 1 is 0.944 bits per heavy atom. The fraction of sp³-hybridized carbons (Fsp3) is 0. The first-order valence-corrected chi connectivity index (χ1v) is 5.44. The number of aromatic hydroxyl groups is 1. The highest BCUT2D eigenvalue weighted by atomic mass is 16.3. The number of nitrogens with one attached hydrogen (secondary N) is 1. The van der Waals surface area contributed by atoms with Crippen molar-refractivity contribution in [3.63, 3.8) is 0 Å². The number of rotatable bonds is 2. The lowest BCUT2D eigenvalue weighted by Gasteiger charge is -2.08. The van der Waals surface area contributed by atoms with Crippen molar-refractivity contribution >= 4 is 22.4 Å². The van der Waals surface area contributed by atoms with Crippen LogP contribution >= 0.6 is 0 Å². The summed E-state index contributed by atoms with van der Waals surface area (Å²) in [6.07, 6.45) is 2.79. The van der Waals surface area contributed by atoms with Crippen molar-refractivity contribution in [2.45, 2.75) is 0 Å². The highest BCUT2D eigenvalue weighted by Crippen LogP contribution is 2.33. The molecule has 0 saturated carbocycles. The summed E-state index contributed by atoms with van der Waals surface area (Å²) in [6, 6.07) is 11.3. The number of hydrogen-bond acceptors (Lipinski definition) is 5. The van der Waals surface area contributed by atoms with E-state index in [0.29, 0.717) is 11.6 Å². The smallest absolute Gasteiger partial charge is 0.230 e. The molecule has 0 amide bonds. The van der Waals surface area contributed by atoms with Gasteiger partial charge in [-0.3, -0.25) is 0 Å². The van der Waals surface area contributed by atoms with Crippen molar-refractivity contribution in [3.05, 3.63) is 49.1 Å². The van der Waals surface area contributed by atoms with E-state index in [1.54, 1.807) is 6.07 Å². The fourth-order valence-electron chi connectivity index (χ4n) is 1.78. The zero-order chi connectivity index (χ0) is 12.4. The van der Waals surface area contributed by atoms with Gasteiger partial charge in [-0.1, -0.05) is 30.3 Å². The van der Waals surface area contributed by atoms with Crippen LogP contribution in [0.1, 0.15) is 0 Å². The average Bonchev–Trinajstić information content (AvgIpc) is 2.43. The van der Waals surface area contributed by atoms with E-state index in [1.807, 2.05) is 30.3 Å². The Morgan fingerprint density at radius 2 is 1.72 bits per heavy atom. The van der Waals surface area contributed by atoms with E-state index in [4.69, 9.17) is 0 Å². The van der Waals surface area contributed by atoms with Gasteiger partial charge < -0.3 is 10.4 Å². The van der Waals surface area contributed by atoms with Gasteiger partial charge in [0.05, 0.1) is 5.69 Å². The normalized spacial score (nSPS) is 10.4. The van der Waals surface area contributed by atoms with Crippen molar-refractivity contribution < 1.29 is 5.11 Å². The van der Waals surface area contributed by atoms with Crippen molar-refractivity contribution in [2.75, 3.05) is 5.32 Å². The summed E-state index contributed by atoms with van der Waals surface area (Å²) in [6.45, 7) is 0. The maximum atomic E-state index is 10.2. The third-order valence-corrected chi connectivity index (χ3v) is 2.64. The summed E-state index contributed by atoms with van der Waals surface area (Å²) in [4.78, 5) is 11.6. The second-order valence-corrected chi connectivity index (χ2v) is 3.77. The Labute approximate surface area is 103 Å². The Morgan fingerprint density at radius 3 is 2.56 bits per heavy atom. The quantitative estimate of drug-likeness (QED) is 0.671. The molecule has 0 atom stereocenters. The lowest BCUT2D eigenvalue weighted by atomic mass is 10.1. The maximum absolute atomic E-state index is 10.2. The van der Waals surface area contributed by atoms with Gasteiger partial charge >= 0.3 is 0 Å². The van der Waals surface area contributed by atoms with Crippen LogP contribution in [0, 0.1) is 0 Å². The average molecular weight is 238 g/mol. The molecule has 2 aromatic carbocycles. The first-order chi connectivity index (χ1) is 8.84. The van der Waals surface area contributed by atoms with Crippen LogP contribution in [0.15, 0.2) is 49.1 Å². The molecule has 2 N–H and O–H groups in total. The van der Waals surface area contributed by atoms with Crippen LogP contribution < -0.4 is 5.32 Å². The number of phenols is 1. The van der Waals surface area contributed by atoms with E-state index in [0.717, 1.165) is 10.8 Å². The molecule has 0 fully saturated rings. The largest absolute Gasteiger partial charge is 0.505 e. The standard InChI is InChI=1S/C13H10N4O/c18-12-10-4-2-1-3-9(10)5-6-11(12)17-13-15-7-14-8-16-13/h1-8,18H,(H,14,15,16,17). The topological polar surface area (TPSA) is 70.9 Å². The van der Waals surface area contributed by atoms with Crippen LogP contribution in [-0.4, -0.2) is 20.1 Å². The van der Waals surface area contributed by atoms with E-state index in [9.17, 15) is 5.11 Å². The summed E-state index contributed by atoms with van der Waals surface area (Å²) >= 11 is 0. The minimum Gasteiger partial charge on any atom is -0.505 e. The monoisotopic (exact) mass is 238 g/mol. The predicted octanol–water partition coefficient (Wildman–Crippen LogP) is 2.47. The van der Waals surface area contributed by atoms with Crippen molar-refractivity contribution in [1.82, 2.24) is 15.0 Å². The molecule has 0 unspecified atom stereocenters. The fourth-order valence-corrected chi connectivity index (χ4v) is 1.78. The molecule has 5 heteroatoms. The molecule has 0 spiro atoms. The molecule has 1 aromatic heterocycles. The predicted molar refractivity (Wildman–Crippen MR) is 68.7 cm³/mol. The van der Waals surface area contributed by atoms with Crippen LogP contribution in [0.2, 0.25) is 0 Å². The Bertz CT molecular complexity index is 685. The van der Waals surface area contributed by atoms with E-state index < -0.39 is 0 Å². The van der Waals surface area contributed by atoms with Crippen LogP contribution in [0.4, 0.5) is 11.6 Å². The van der Waals surface area contributed by atoms with E-state index >= 15 is 0 Å². The van der Waals surface area contributed by atoms with Crippen molar-refractivity contribution in [1.29, 1.82) is 0 Å². The number of phenolic OH excluding ortho intramolecular Hbond substituents is 1. The number of nitrogens with zero attached hydrogens (tertiary/aromatic N) is 3. The maximum Gasteiger partial charge on any atom is 0.230 e. The molecule has 0 aliphatic carbocycles. The lowest BCUT2D eigenvalue weighted by Crippen LogP contribution is -1.97. The van der Waals surface area contributed by atoms with E-state index in [2.05, 4.69) is 20.3 Å². The molecule has 18 heavy (non-hydrogen) atoms. The van der Waals surface area contributed by atoms with Crippen LogP contribution in [-0.2, 0) is 0 Å². The molecule has 0 aliphatic rings. The number of benzene rings is 2. The Hall–Kier alpha value is -2.69. The summed E-state index contributed by atoms with van der Waals surface area (Å²) in [5.74, 6) is 0.587. The molecule has 3 aromatic rings. The van der Waals surface area contributed by atoms with Crippen LogP contribution in [0.5, 0.6) is 5.75 Å².